The Bertz CT molecular complexity index is 966. The number of carbonyl (C=O) groups is 1. The highest BCUT2D eigenvalue weighted by Crippen LogP contribution is 2.29. The molecule has 1 amide bonds. The molecule has 0 aliphatic heterocycles. The van der Waals surface area contributed by atoms with Crippen LogP contribution < -0.4 is 5.32 Å². The van der Waals surface area contributed by atoms with Crippen molar-refractivity contribution in [3.8, 4) is 5.82 Å². The fraction of sp³-hybridized carbons (Fsp3) is 0.300. The maximum atomic E-state index is 12.8. The van der Waals surface area contributed by atoms with Crippen LogP contribution in [0.25, 0.3) is 5.82 Å². The van der Waals surface area contributed by atoms with E-state index < -0.39 is 11.7 Å². The van der Waals surface area contributed by atoms with Crippen LogP contribution in [0.2, 0.25) is 0 Å². The van der Waals surface area contributed by atoms with Gasteiger partial charge in [-0.15, -0.1) is 0 Å². The number of hydrogen-bond donors (Lipinski definition) is 1. The first-order chi connectivity index (χ1) is 13.8. The molecule has 6 nitrogen and oxygen atoms in total. The van der Waals surface area contributed by atoms with Crippen LogP contribution in [0.1, 0.15) is 46.9 Å². The molecule has 9 heteroatoms. The zero-order valence-electron chi connectivity index (χ0n) is 15.9. The molecule has 0 aliphatic rings. The number of nitrogens with zero attached hydrogens (tertiary/aromatic N) is 4. The van der Waals surface area contributed by atoms with Crippen LogP contribution in [0.15, 0.2) is 49.1 Å². The van der Waals surface area contributed by atoms with Crippen molar-refractivity contribution in [2.45, 2.75) is 32.4 Å². The first-order valence-electron chi connectivity index (χ1n) is 9.06. The SMILES string of the molecule is CC(C)c1c(C(=O)NCCc2cccnc2)cnn1-c1ccc(C(F)(F)F)cn1. The van der Waals surface area contributed by atoms with Crippen molar-refractivity contribution in [1.29, 1.82) is 0 Å². The topological polar surface area (TPSA) is 72.7 Å². The normalized spacial score (nSPS) is 11.7. The van der Waals surface area contributed by atoms with Gasteiger partial charge in [-0.2, -0.15) is 18.3 Å². The van der Waals surface area contributed by atoms with E-state index in [2.05, 4.69) is 20.4 Å². The predicted octanol–water partition coefficient (Wildman–Crippen LogP) is 3.78. The van der Waals surface area contributed by atoms with Gasteiger partial charge in [0.1, 0.15) is 0 Å². The third kappa shape index (κ3) is 4.79. The van der Waals surface area contributed by atoms with Crippen molar-refractivity contribution >= 4 is 5.91 Å². The summed E-state index contributed by atoms with van der Waals surface area (Å²) < 4.78 is 39.7. The number of carbonyl (C=O) groups excluding carboxylic acids is 1. The van der Waals surface area contributed by atoms with E-state index in [1.54, 1.807) is 12.4 Å². The molecule has 3 heterocycles. The van der Waals surface area contributed by atoms with Crippen LogP contribution in [0.4, 0.5) is 13.2 Å². The smallest absolute Gasteiger partial charge is 0.352 e. The highest BCUT2D eigenvalue weighted by atomic mass is 19.4. The van der Waals surface area contributed by atoms with Gasteiger partial charge in [-0.25, -0.2) is 9.67 Å². The second kappa shape index (κ2) is 8.42. The zero-order chi connectivity index (χ0) is 21.0. The van der Waals surface area contributed by atoms with E-state index in [-0.39, 0.29) is 17.6 Å². The van der Waals surface area contributed by atoms with Crippen molar-refractivity contribution in [2.24, 2.45) is 0 Å². The molecule has 3 aromatic rings. The van der Waals surface area contributed by atoms with Crippen LogP contribution in [0.5, 0.6) is 0 Å². The average Bonchev–Trinajstić information content (AvgIpc) is 3.14. The van der Waals surface area contributed by atoms with Crippen molar-refractivity contribution in [1.82, 2.24) is 25.1 Å². The Balaban J connectivity index is 1.78. The lowest BCUT2D eigenvalue weighted by Gasteiger charge is -2.13. The Morgan fingerprint density at radius 2 is 1.97 bits per heavy atom. The first kappa shape index (κ1) is 20.5. The van der Waals surface area contributed by atoms with Crippen LogP contribution in [-0.2, 0) is 12.6 Å². The average molecular weight is 403 g/mol. The molecule has 3 aromatic heterocycles. The van der Waals surface area contributed by atoms with Gasteiger partial charge < -0.3 is 5.32 Å². The fourth-order valence-electron chi connectivity index (χ4n) is 2.91. The third-order valence-electron chi connectivity index (χ3n) is 4.31. The molecule has 0 atom stereocenters. The zero-order valence-corrected chi connectivity index (χ0v) is 15.9. The molecule has 1 N–H and O–H groups in total. The van der Waals surface area contributed by atoms with Crippen LogP contribution >= 0.6 is 0 Å². The molecule has 0 unspecified atom stereocenters. The predicted molar refractivity (Wildman–Crippen MR) is 101 cm³/mol. The molecule has 0 saturated heterocycles. The molecule has 0 bridgehead atoms. The summed E-state index contributed by atoms with van der Waals surface area (Å²) in [5.41, 5.74) is 1.11. The number of rotatable bonds is 6. The molecule has 0 fully saturated rings. The number of alkyl halides is 3. The Labute approximate surface area is 165 Å². The second-order valence-electron chi connectivity index (χ2n) is 6.78. The van der Waals surface area contributed by atoms with E-state index in [0.29, 0.717) is 24.2 Å². The Hall–Kier alpha value is -3.23. The minimum absolute atomic E-state index is 0.0966. The summed E-state index contributed by atoms with van der Waals surface area (Å²) in [7, 11) is 0. The monoisotopic (exact) mass is 403 g/mol. The van der Waals surface area contributed by atoms with E-state index in [1.165, 1.54) is 16.9 Å². The fourth-order valence-corrected chi connectivity index (χ4v) is 2.91. The summed E-state index contributed by atoms with van der Waals surface area (Å²) in [5, 5.41) is 7.04. The van der Waals surface area contributed by atoms with E-state index in [1.807, 2.05) is 26.0 Å². The quantitative estimate of drug-likeness (QED) is 0.680. The molecule has 0 saturated carbocycles. The standard InChI is InChI=1S/C20H20F3N5O/c1-13(2)18-16(19(29)25-9-7-14-4-3-8-24-10-14)12-27-28(18)17-6-5-15(11-26-17)20(21,22)23/h3-6,8,10-13H,7,9H2,1-2H3,(H,25,29). The van der Waals surface area contributed by atoms with Gasteiger partial charge in [-0.05, 0) is 36.1 Å². The molecule has 0 radical (unpaired) electrons. The summed E-state index contributed by atoms with van der Waals surface area (Å²) in [6.07, 6.45) is 1.75. The Kier molecular flexibility index (Phi) is 5.95. The van der Waals surface area contributed by atoms with Crippen molar-refractivity contribution in [2.75, 3.05) is 6.54 Å². The number of aromatic nitrogens is 4. The van der Waals surface area contributed by atoms with E-state index in [9.17, 15) is 18.0 Å². The van der Waals surface area contributed by atoms with Gasteiger partial charge >= 0.3 is 6.18 Å². The number of amides is 1. The summed E-state index contributed by atoms with van der Waals surface area (Å²) in [6, 6.07) is 5.94. The highest BCUT2D eigenvalue weighted by Gasteiger charge is 2.31. The summed E-state index contributed by atoms with van der Waals surface area (Å²) in [4.78, 5) is 20.5. The maximum Gasteiger partial charge on any atom is 0.417 e. The Morgan fingerprint density at radius 1 is 1.17 bits per heavy atom. The number of hydrogen-bond acceptors (Lipinski definition) is 4. The van der Waals surface area contributed by atoms with Crippen molar-refractivity contribution in [3.05, 3.63) is 71.4 Å². The molecular formula is C20H20F3N5O. The minimum atomic E-state index is -4.46. The number of nitrogens with one attached hydrogen (secondary N) is 1. The van der Waals surface area contributed by atoms with E-state index in [4.69, 9.17) is 0 Å². The molecule has 29 heavy (non-hydrogen) atoms. The lowest BCUT2D eigenvalue weighted by atomic mass is 10.1. The molecule has 0 aromatic carbocycles. The van der Waals surface area contributed by atoms with E-state index in [0.717, 1.165) is 17.8 Å². The molecule has 0 aliphatic carbocycles. The molecule has 3 rings (SSSR count). The third-order valence-corrected chi connectivity index (χ3v) is 4.31. The lowest BCUT2D eigenvalue weighted by molar-refractivity contribution is -0.137. The van der Waals surface area contributed by atoms with Crippen LogP contribution in [0, 0.1) is 0 Å². The summed E-state index contributed by atoms with van der Waals surface area (Å²) in [5.74, 6) is -0.174. The second-order valence-corrected chi connectivity index (χ2v) is 6.78. The van der Waals surface area contributed by atoms with Crippen molar-refractivity contribution in [3.63, 3.8) is 0 Å². The van der Waals surface area contributed by atoms with Crippen LogP contribution in [0.3, 0.4) is 0 Å². The summed E-state index contributed by atoms with van der Waals surface area (Å²) >= 11 is 0. The molecule has 152 valence electrons. The van der Waals surface area contributed by atoms with Crippen molar-refractivity contribution < 1.29 is 18.0 Å². The van der Waals surface area contributed by atoms with E-state index >= 15 is 0 Å². The highest BCUT2D eigenvalue weighted by molar-refractivity contribution is 5.95. The van der Waals surface area contributed by atoms with Gasteiger partial charge in [-0.1, -0.05) is 19.9 Å². The van der Waals surface area contributed by atoms with Gasteiger partial charge in [-0.3, -0.25) is 9.78 Å². The van der Waals surface area contributed by atoms with Gasteiger partial charge in [0, 0.05) is 25.1 Å². The lowest BCUT2D eigenvalue weighted by Crippen LogP contribution is -2.26. The van der Waals surface area contributed by atoms with Gasteiger partial charge in [0.25, 0.3) is 5.91 Å². The number of pyridine rings is 2. The largest absolute Gasteiger partial charge is 0.417 e. The van der Waals surface area contributed by atoms with Crippen LogP contribution in [-0.4, -0.2) is 32.2 Å². The number of halogens is 3. The summed E-state index contributed by atoms with van der Waals surface area (Å²) in [6.45, 7) is 4.18. The van der Waals surface area contributed by atoms with Gasteiger partial charge in [0.2, 0.25) is 0 Å². The Morgan fingerprint density at radius 3 is 2.55 bits per heavy atom. The molecular weight excluding hydrogens is 383 g/mol. The van der Waals surface area contributed by atoms with Gasteiger partial charge in [0.05, 0.1) is 23.0 Å². The maximum absolute atomic E-state index is 12.8. The van der Waals surface area contributed by atoms with Gasteiger partial charge in [0.15, 0.2) is 5.82 Å². The molecule has 0 spiro atoms. The minimum Gasteiger partial charge on any atom is -0.352 e. The first-order valence-corrected chi connectivity index (χ1v) is 9.06.